The molecule has 0 atom stereocenters. The molecule has 0 amide bonds. The molecule has 0 saturated carbocycles. The zero-order valence-electron chi connectivity index (χ0n) is 14.6. The Bertz CT molecular complexity index is 865. The van der Waals surface area contributed by atoms with Crippen molar-refractivity contribution in [2.75, 3.05) is 7.11 Å². The van der Waals surface area contributed by atoms with Crippen LogP contribution in [0.4, 0.5) is 4.39 Å². The zero-order chi connectivity index (χ0) is 18.2. The van der Waals surface area contributed by atoms with Gasteiger partial charge in [-0.25, -0.2) is 9.18 Å². The highest BCUT2D eigenvalue weighted by Crippen LogP contribution is 2.47. The molecule has 1 N–H and O–H groups in total. The number of allylic oxidation sites excluding steroid dienone is 2. The summed E-state index contributed by atoms with van der Waals surface area (Å²) in [7, 11) is 1.34. The van der Waals surface area contributed by atoms with Crippen LogP contribution in [0.15, 0.2) is 42.5 Å². The van der Waals surface area contributed by atoms with Crippen LogP contribution in [0, 0.1) is 11.2 Å². The Kier molecular flexibility index (Phi) is 4.38. The number of methoxy groups -OCH3 is 1. The van der Waals surface area contributed by atoms with E-state index in [2.05, 4.69) is 19.9 Å². The third kappa shape index (κ3) is 3.16. The molecule has 0 bridgehead atoms. The highest BCUT2D eigenvalue weighted by molar-refractivity contribution is 5.94. The highest BCUT2D eigenvalue weighted by Gasteiger charge is 2.30. The molecule has 1 aliphatic carbocycles. The summed E-state index contributed by atoms with van der Waals surface area (Å²) in [6.45, 7) is 4.28. The Morgan fingerprint density at radius 2 is 1.88 bits per heavy atom. The second-order valence-electron chi connectivity index (χ2n) is 6.96. The van der Waals surface area contributed by atoms with Gasteiger partial charge in [0.2, 0.25) is 0 Å². The molecule has 130 valence electrons. The van der Waals surface area contributed by atoms with Crippen LogP contribution in [0.1, 0.15) is 42.6 Å². The normalized spacial score (nSPS) is 15.8. The SMILES string of the molecule is COC(=O)c1ccc(-c2cc(O)ccc2F)c(C2=CCCC2(C)C)c1. The molecular formula is C21H21FO3. The van der Waals surface area contributed by atoms with E-state index in [9.17, 15) is 14.3 Å². The van der Waals surface area contributed by atoms with Crippen molar-refractivity contribution in [1.29, 1.82) is 0 Å². The summed E-state index contributed by atoms with van der Waals surface area (Å²) in [6, 6.07) is 9.07. The maximum absolute atomic E-state index is 14.4. The van der Waals surface area contributed by atoms with E-state index in [0.29, 0.717) is 16.7 Å². The molecule has 2 aromatic carbocycles. The smallest absolute Gasteiger partial charge is 0.337 e. The summed E-state index contributed by atoms with van der Waals surface area (Å²) in [5.41, 5.74) is 3.20. The number of hydrogen-bond donors (Lipinski definition) is 1. The van der Waals surface area contributed by atoms with E-state index < -0.39 is 11.8 Å². The van der Waals surface area contributed by atoms with Gasteiger partial charge in [0.25, 0.3) is 0 Å². The van der Waals surface area contributed by atoms with Gasteiger partial charge in [-0.15, -0.1) is 0 Å². The molecule has 1 aliphatic rings. The van der Waals surface area contributed by atoms with Gasteiger partial charge in [0, 0.05) is 5.56 Å². The van der Waals surface area contributed by atoms with Gasteiger partial charge in [-0.2, -0.15) is 0 Å². The molecule has 0 radical (unpaired) electrons. The van der Waals surface area contributed by atoms with Gasteiger partial charge in [0.05, 0.1) is 12.7 Å². The van der Waals surface area contributed by atoms with Crippen LogP contribution in [0.2, 0.25) is 0 Å². The Labute approximate surface area is 146 Å². The number of carbonyl (C=O) groups excluding carboxylic acids is 1. The molecule has 25 heavy (non-hydrogen) atoms. The van der Waals surface area contributed by atoms with E-state index in [4.69, 9.17) is 4.74 Å². The first kappa shape index (κ1) is 17.2. The minimum absolute atomic E-state index is 0.000874. The summed E-state index contributed by atoms with van der Waals surface area (Å²) in [5.74, 6) is -0.846. The van der Waals surface area contributed by atoms with Gasteiger partial charge in [-0.3, -0.25) is 0 Å². The molecule has 3 nitrogen and oxygen atoms in total. The van der Waals surface area contributed by atoms with Crippen LogP contribution in [-0.4, -0.2) is 18.2 Å². The molecule has 0 aliphatic heterocycles. The van der Waals surface area contributed by atoms with Crippen LogP contribution in [0.3, 0.4) is 0 Å². The summed E-state index contributed by atoms with van der Waals surface area (Å²) >= 11 is 0. The van der Waals surface area contributed by atoms with Crippen LogP contribution in [-0.2, 0) is 4.74 Å². The van der Waals surface area contributed by atoms with E-state index in [-0.39, 0.29) is 11.2 Å². The van der Waals surface area contributed by atoms with E-state index >= 15 is 0 Å². The molecule has 0 unspecified atom stereocenters. The van der Waals surface area contributed by atoms with Gasteiger partial charge in [0.15, 0.2) is 0 Å². The van der Waals surface area contributed by atoms with Gasteiger partial charge in [-0.05, 0) is 65.3 Å². The Morgan fingerprint density at radius 3 is 2.52 bits per heavy atom. The number of esters is 1. The fraction of sp³-hybridized carbons (Fsp3) is 0.286. The van der Waals surface area contributed by atoms with Crippen LogP contribution in [0.5, 0.6) is 5.75 Å². The molecule has 0 heterocycles. The molecule has 0 aromatic heterocycles. The third-order valence-electron chi connectivity index (χ3n) is 4.82. The quantitative estimate of drug-likeness (QED) is 0.782. The number of hydrogen-bond acceptors (Lipinski definition) is 3. The number of aromatic hydroxyl groups is 1. The maximum Gasteiger partial charge on any atom is 0.337 e. The van der Waals surface area contributed by atoms with Crippen molar-refractivity contribution >= 4 is 11.5 Å². The minimum Gasteiger partial charge on any atom is -0.508 e. The number of phenols is 1. The predicted molar refractivity (Wildman–Crippen MR) is 95.8 cm³/mol. The van der Waals surface area contributed by atoms with Gasteiger partial charge in [-0.1, -0.05) is 26.0 Å². The van der Waals surface area contributed by atoms with Crippen LogP contribution < -0.4 is 0 Å². The molecule has 0 spiro atoms. The summed E-state index contributed by atoms with van der Waals surface area (Å²) in [4.78, 5) is 12.0. The number of rotatable bonds is 3. The highest BCUT2D eigenvalue weighted by atomic mass is 19.1. The fourth-order valence-electron chi connectivity index (χ4n) is 3.43. The summed E-state index contributed by atoms with van der Waals surface area (Å²) in [6.07, 6.45) is 4.07. The first-order chi connectivity index (χ1) is 11.8. The first-order valence-electron chi connectivity index (χ1n) is 8.26. The van der Waals surface area contributed by atoms with Crippen LogP contribution >= 0.6 is 0 Å². The maximum atomic E-state index is 14.4. The van der Waals surface area contributed by atoms with Crippen molar-refractivity contribution < 1.29 is 19.0 Å². The monoisotopic (exact) mass is 340 g/mol. The van der Waals surface area contributed by atoms with Crippen LogP contribution in [0.25, 0.3) is 16.7 Å². The lowest BCUT2D eigenvalue weighted by molar-refractivity contribution is 0.0600. The number of carbonyl (C=O) groups is 1. The van der Waals surface area contributed by atoms with Crippen molar-refractivity contribution in [3.8, 4) is 16.9 Å². The van der Waals surface area contributed by atoms with Crippen molar-refractivity contribution in [2.45, 2.75) is 26.7 Å². The lowest BCUT2D eigenvalue weighted by Gasteiger charge is -2.25. The lowest BCUT2D eigenvalue weighted by atomic mass is 9.79. The lowest BCUT2D eigenvalue weighted by Crippen LogP contribution is -2.11. The molecule has 0 saturated heterocycles. The molecular weight excluding hydrogens is 319 g/mol. The number of phenolic OH excluding ortho intramolecular Hbond substituents is 1. The van der Waals surface area contributed by atoms with E-state index in [1.807, 2.05) is 0 Å². The summed E-state index contributed by atoms with van der Waals surface area (Å²) < 4.78 is 19.2. The minimum atomic E-state index is -0.430. The number of ether oxygens (including phenoxy) is 1. The van der Waals surface area contributed by atoms with E-state index in [1.165, 1.54) is 25.3 Å². The fourth-order valence-corrected chi connectivity index (χ4v) is 3.43. The van der Waals surface area contributed by atoms with E-state index in [1.54, 1.807) is 18.2 Å². The number of benzene rings is 2. The van der Waals surface area contributed by atoms with Gasteiger partial charge < -0.3 is 9.84 Å². The average Bonchev–Trinajstić information content (AvgIpc) is 2.95. The Morgan fingerprint density at radius 1 is 1.12 bits per heavy atom. The predicted octanol–water partition coefficient (Wildman–Crippen LogP) is 5.19. The third-order valence-corrected chi connectivity index (χ3v) is 4.82. The topological polar surface area (TPSA) is 46.5 Å². The molecule has 3 rings (SSSR count). The van der Waals surface area contributed by atoms with Gasteiger partial charge >= 0.3 is 5.97 Å². The average molecular weight is 340 g/mol. The van der Waals surface area contributed by atoms with Crippen molar-refractivity contribution in [1.82, 2.24) is 0 Å². The van der Waals surface area contributed by atoms with Crippen molar-refractivity contribution in [2.24, 2.45) is 5.41 Å². The largest absolute Gasteiger partial charge is 0.508 e. The van der Waals surface area contributed by atoms with Gasteiger partial charge in [0.1, 0.15) is 11.6 Å². The Hall–Kier alpha value is -2.62. The summed E-state index contributed by atoms with van der Waals surface area (Å²) in [5, 5.41) is 9.78. The Balaban J connectivity index is 2.25. The standard InChI is InChI=1S/C21H21FO3/c1-21(2)10-4-5-18(21)16-11-13(20(24)25-3)6-8-15(16)17-12-14(23)7-9-19(17)22/h5-9,11-12,23H,4,10H2,1-3H3. The molecule has 2 aromatic rings. The second-order valence-corrected chi connectivity index (χ2v) is 6.96. The molecule has 4 heteroatoms. The zero-order valence-corrected chi connectivity index (χ0v) is 14.6. The first-order valence-corrected chi connectivity index (χ1v) is 8.26. The van der Waals surface area contributed by atoms with E-state index in [0.717, 1.165) is 24.0 Å². The number of halogens is 1. The molecule has 0 fully saturated rings. The van der Waals surface area contributed by atoms with Crippen molar-refractivity contribution in [3.05, 3.63) is 59.4 Å². The van der Waals surface area contributed by atoms with Crippen molar-refractivity contribution in [3.63, 3.8) is 0 Å². The second kappa shape index (κ2) is 6.36.